The lowest BCUT2D eigenvalue weighted by molar-refractivity contribution is 0.0731. The van der Waals surface area contributed by atoms with Gasteiger partial charge in [-0.1, -0.05) is 0 Å². The number of nitrogens with zero attached hydrogens (tertiary/aromatic N) is 1. The van der Waals surface area contributed by atoms with Crippen LogP contribution in [0.25, 0.3) is 0 Å². The minimum Gasteiger partial charge on any atom is -0.507 e. The molecule has 2 aromatic carbocycles. The van der Waals surface area contributed by atoms with Crippen LogP contribution >= 0.6 is 0 Å². The third-order valence-corrected chi connectivity index (χ3v) is 4.44. The van der Waals surface area contributed by atoms with Crippen LogP contribution in [0.15, 0.2) is 30.3 Å². The molecule has 1 heterocycles. The Kier molecular flexibility index (Phi) is 4.70. The van der Waals surface area contributed by atoms with E-state index in [1.165, 1.54) is 13.2 Å². The molecule has 0 fully saturated rings. The number of benzene rings is 2. The van der Waals surface area contributed by atoms with Crippen molar-refractivity contribution in [2.45, 2.75) is 13.0 Å². The Hall–Kier alpha value is -2.89. The fourth-order valence-electron chi connectivity index (χ4n) is 3.05. The zero-order valence-electron chi connectivity index (χ0n) is 14.5. The highest BCUT2D eigenvalue weighted by Gasteiger charge is 2.25. The van der Waals surface area contributed by atoms with Crippen molar-refractivity contribution in [3.63, 3.8) is 0 Å². The van der Waals surface area contributed by atoms with E-state index in [1.807, 2.05) is 12.1 Å². The van der Waals surface area contributed by atoms with Gasteiger partial charge in [0.25, 0.3) is 5.91 Å². The maximum atomic E-state index is 12.8. The molecule has 1 amide bonds. The van der Waals surface area contributed by atoms with Crippen molar-refractivity contribution in [1.29, 1.82) is 0 Å². The van der Waals surface area contributed by atoms with Gasteiger partial charge in [0.2, 0.25) is 0 Å². The summed E-state index contributed by atoms with van der Waals surface area (Å²) in [6.07, 6.45) is 0.721. The van der Waals surface area contributed by atoms with Crippen molar-refractivity contribution in [2.24, 2.45) is 0 Å². The fourth-order valence-corrected chi connectivity index (χ4v) is 3.05. The van der Waals surface area contributed by atoms with Gasteiger partial charge in [-0.25, -0.2) is 0 Å². The number of aromatic hydroxyl groups is 1. The Morgan fingerprint density at radius 3 is 2.28 bits per heavy atom. The Bertz CT molecular complexity index is 803. The number of fused-ring (bicyclic) bond motifs is 1. The summed E-state index contributed by atoms with van der Waals surface area (Å²) in [5, 5.41) is 10.1. The summed E-state index contributed by atoms with van der Waals surface area (Å²) in [6, 6.07) is 8.56. The van der Waals surface area contributed by atoms with Crippen molar-refractivity contribution in [3.8, 4) is 23.0 Å². The Morgan fingerprint density at radius 1 is 1.00 bits per heavy atom. The van der Waals surface area contributed by atoms with Crippen molar-refractivity contribution < 1.29 is 24.1 Å². The zero-order chi connectivity index (χ0) is 18.0. The number of ether oxygens (including phenoxy) is 3. The molecule has 0 aromatic heterocycles. The summed E-state index contributed by atoms with van der Waals surface area (Å²) in [5.74, 6) is 1.55. The number of rotatable bonds is 4. The molecule has 1 aliphatic heterocycles. The highest BCUT2D eigenvalue weighted by atomic mass is 16.5. The van der Waals surface area contributed by atoms with Gasteiger partial charge in [-0.3, -0.25) is 4.79 Å². The van der Waals surface area contributed by atoms with E-state index in [0.29, 0.717) is 30.3 Å². The quantitative estimate of drug-likeness (QED) is 0.924. The van der Waals surface area contributed by atoms with Crippen LogP contribution in [0.4, 0.5) is 0 Å². The lowest BCUT2D eigenvalue weighted by Crippen LogP contribution is -2.36. The normalized spacial score (nSPS) is 13.2. The molecular weight excluding hydrogens is 322 g/mol. The number of carbonyl (C=O) groups excluding carboxylic acids is 1. The molecule has 6 nitrogen and oxygen atoms in total. The highest BCUT2D eigenvalue weighted by Crippen LogP contribution is 2.34. The van der Waals surface area contributed by atoms with Gasteiger partial charge in [-0.2, -0.15) is 0 Å². The van der Waals surface area contributed by atoms with Crippen molar-refractivity contribution in [1.82, 2.24) is 4.90 Å². The molecular formula is C19H21NO5. The van der Waals surface area contributed by atoms with E-state index in [-0.39, 0.29) is 17.2 Å². The molecule has 3 rings (SSSR count). The standard InChI is InChI=1S/C19H21NO5/c1-23-14-4-5-15(16(21)10-14)19(22)20-7-6-12-8-17(24-2)18(25-3)9-13(12)11-20/h4-5,8-10,21H,6-7,11H2,1-3H3. The molecule has 0 spiro atoms. The molecule has 0 radical (unpaired) electrons. The molecule has 25 heavy (non-hydrogen) atoms. The summed E-state index contributed by atoms with van der Waals surface area (Å²) in [5.41, 5.74) is 2.43. The van der Waals surface area contributed by atoms with Crippen LogP contribution in [0.5, 0.6) is 23.0 Å². The van der Waals surface area contributed by atoms with Crippen molar-refractivity contribution in [3.05, 3.63) is 47.0 Å². The Morgan fingerprint density at radius 2 is 1.68 bits per heavy atom. The minimum absolute atomic E-state index is 0.0811. The molecule has 0 atom stereocenters. The summed E-state index contributed by atoms with van der Waals surface area (Å²) in [4.78, 5) is 14.5. The minimum atomic E-state index is -0.208. The predicted molar refractivity (Wildman–Crippen MR) is 92.6 cm³/mol. The first-order chi connectivity index (χ1) is 12.1. The van der Waals surface area contributed by atoms with Gasteiger partial charge >= 0.3 is 0 Å². The summed E-state index contributed by atoms with van der Waals surface area (Å²) < 4.78 is 15.7. The van der Waals surface area contributed by atoms with Crippen LogP contribution in [0.2, 0.25) is 0 Å². The molecule has 2 aromatic rings. The summed E-state index contributed by atoms with van der Waals surface area (Å²) >= 11 is 0. The molecule has 0 bridgehead atoms. The first-order valence-electron chi connectivity index (χ1n) is 7.97. The van der Waals surface area contributed by atoms with Crippen LogP contribution in [0.3, 0.4) is 0 Å². The number of carbonyl (C=O) groups is 1. The molecule has 0 saturated carbocycles. The van der Waals surface area contributed by atoms with Gasteiger partial charge in [-0.05, 0) is 41.8 Å². The molecule has 0 saturated heterocycles. The third kappa shape index (κ3) is 3.20. The van der Waals surface area contributed by atoms with Gasteiger partial charge in [0.15, 0.2) is 11.5 Å². The second kappa shape index (κ2) is 6.93. The number of phenolic OH excluding ortho intramolecular Hbond substituents is 1. The van der Waals surface area contributed by atoms with Gasteiger partial charge in [-0.15, -0.1) is 0 Å². The van der Waals surface area contributed by atoms with E-state index in [9.17, 15) is 9.90 Å². The highest BCUT2D eigenvalue weighted by molar-refractivity contribution is 5.97. The molecule has 6 heteroatoms. The van der Waals surface area contributed by atoms with Crippen LogP contribution in [-0.4, -0.2) is 43.8 Å². The topological polar surface area (TPSA) is 68.2 Å². The van der Waals surface area contributed by atoms with E-state index in [1.54, 1.807) is 31.3 Å². The van der Waals surface area contributed by atoms with E-state index >= 15 is 0 Å². The predicted octanol–water partition coefficient (Wildman–Crippen LogP) is 2.62. The maximum Gasteiger partial charge on any atom is 0.257 e. The lowest BCUT2D eigenvalue weighted by atomic mass is 9.98. The van der Waals surface area contributed by atoms with Crippen LogP contribution in [-0.2, 0) is 13.0 Å². The summed E-state index contributed by atoms with van der Waals surface area (Å²) in [7, 11) is 4.71. The van der Waals surface area contributed by atoms with E-state index in [4.69, 9.17) is 14.2 Å². The SMILES string of the molecule is COc1ccc(C(=O)N2CCc3cc(OC)c(OC)cc3C2)c(O)c1. The Labute approximate surface area is 146 Å². The first-order valence-corrected chi connectivity index (χ1v) is 7.97. The van der Waals surface area contributed by atoms with E-state index in [0.717, 1.165) is 17.5 Å². The second-order valence-corrected chi connectivity index (χ2v) is 5.84. The summed E-state index contributed by atoms with van der Waals surface area (Å²) in [6.45, 7) is 1.03. The third-order valence-electron chi connectivity index (χ3n) is 4.44. The number of phenols is 1. The van der Waals surface area contributed by atoms with Crippen molar-refractivity contribution in [2.75, 3.05) is 27.9 Å². The average molecular weight is 343 g/mol. The molecule has 132 valence electrons. The smallest absolute Gasteiger partial charge is 0.257 e. The second-order valence-electron chi connectivity index (χ2n) is 5.84. The zero-order valence-corrected chi connectivity index (χ0v) is 14.5. The first kappa shape index (κ1) is 17.0. The van der Waals surface area contributed by atoms with Crippen molar-refractivity contribution >= 4 is 5.91 Å². The van der Waals surface area contributed by atoms with E-state index < -0.39 is 0 Å². The molecule has 1 aliphatic rings. The Balaban J connectivity index is 1.86. The molecule has 1 N–H and O–H groups in total. The van der Waals surface area contributed by atoms with E-state index in [2.05, 4.69) is 0 Å². The number of amides is 1. The monoisotopic (exact) mass is 343 g/mol. The number of hydrogen-bond donors (Lipinski definition) is 1. The maximum absolute atomic E-state index is 12.8. The van der Waals surface area contributed by atoms with Gasteiger partial charge in [0.1, 0.15) is 11.5 Å². The number of methoxy groups -OCH3 is 3. The molecule has 0 unspecified atom stereocenters. The largest absolute Gasteiger partial charge is 0.507 e. The lowest BCUT2D eigenvalue weighted by Gasteiger charge is -2.30. The van der Waals surface area contributed by atoms with Gasteiger partial charge in [0.05, 0.1) is 26.9 Å². The van der Waals surface area contributed by atoms with Gasteiger partial charge < -0.3 is 24.2 Å². The van der Waals surface area contributed by atoms with Crippen LogP contribution in [0, 0.1) is 0 Å². The fraction of sp³-hybridized carbons (Fsp3) is 0.316. The van der Waals surface area contributed by atoms with Gasteiger partial charge in [0, 0.05) is 19.2 Å². The average Bonchev–Trinajstić information content (AvgIpc) is 2.65. The van der Waals surface area contributed by atoms with Crippen LogP contribution in [0.1, 0.15) is 21.5 Å². The van der Waals surface area contributed by atoms with Crippen LogP contribution < -0.4 is 14.2 Å². The molecule has 0 aliphatic carbocycles. The number of hydrogen-bond acceptors (Lipinski definition) is 5.